The second-order valence-corrected chi connectivity index (χ2v) is 10.7. The Kier molecular flexibility index (Phi) is 8.64. The van der Waals surface area contributed by atoms with Crippen LogP contribution >= 0.6 is 0 Å². The molecule has 1 atom stereocenters. The minimum atomic E-state index is -4.55. The third-order valence-corrected chi connectivity index (χ3v) is 8.11. The number of nitrogens with one attached hydrogen (secondary N) is 2. The number of alkyl halides is 3. The molecule has 0 spiro atoms. The first-order valence-corrected chi connectivity index (χ1v) is 13.3. The largest absolute Gasteiger partial charge is 0.416 e. The summed E-state index contributed by atoms with van der Waals surface area (Å²) in [5.74, 6) is -1.19. The zero-order valence-electron chi connectivity index (χ0n) is 22.2. The molecule has 2 aromatic rings. The summed E-state index contributed by atoms with van der Waals surface area (Å²) in [5.41, 5.74) is 8.36. The number of likely N-dealkylation sites (tertiary alicyclic amines) is 1. The van der Waals surface area contributed by atoms with E-state index in [0.717, 1.165) is 73.5 Å². The van der Waals surface area contributed by atoms with Crippen LogP contribution in [0.3, 0.4) is 0 Å². The van der Waals surface area contributed by atoms with Crippen molar-refractivity contribution in [2.45, 2.75) is 70.1 Å². The Morgan fingerprint density at radius 1 is 1.03 bits per heavy atom. The average Bonchev–Trinajstić information content (AvgIpc) is 3.36. The SMILES string of the molecule is Cc1ccc(C2CCC(N3CC[C@@H](NC(=O)CNC(=O)c4cccc(C(F)(F)F)c4)C3)CC2)c(C(N)=O)c1C. The Labute approximate surface area is 226 Å². The molecule has 2 aliphatic rings. The summed E-state index contributed by atoms with van der Waals surface area (Å²) in [5, 5.41) is 5.33. The van der Waals surface area contributed by atoms with Gasteiger partial charge in [0.15, 0.2) is 0 Å². The van der Waals surface area contributed by atoms with Crippen molar-refractivity contribution in [2.75, 3.05) is 19.6 Å². The molecule has 3 amide bonds. The van der Waals surface area contributed by atoms with Crippen molar-refractivity contribution < 1.29 is 27.6 Å². The van der Waals surface area contributed by atoms with E-state index in [1.807, 2.05) is 19.9 Å². The van der Waals surface area contributed by atoms with Crippen LogP contribution in [-0.4, -0.2) is 54.3 Å². The molecular weight excluding hydrogens is 509 g/mol. The predicted molar refractivity (Wildman–Crippen MR) is 141 cm³/mol. The summed E-state index contributed by atoms with van der Waals surface area (Å²) in [7, 11) is 0. The zero-order chi connectivity index (χ0) is 28.3. The maximum atomic E-state index is 12.9. The van der Waals surface area contributed by atoms with E-state index >= 15 is 0 Å². The molecule has 39 heavy (non-hydrogen) atoms. The molecule has 1 saturated heterocycles. The number of hydrogen-bond donors (Lipinski definition) is 3. The second kappa shape index (κ2) is 11.8. The van der Waals surface area contributed by atoms with Crippen LogP contribution in [0, 0.1) is 13.8 Å². The van der Waals surface area contributed by atoms with Crippen LogP contribution < -0.4 is 16.4 Å². The van der Waals surface area contributed by atoms with Crippen LogP contribution in [0.25, 0.3) is 0 Å². The number of carbonyl (C=O) groups is 3. The van der Waals surface area contributed by atoms with Gasteiger partial charge in [-0.15, -0.1) is 0 Å². The van der Waals surface area contributed by atoms with Crippen LogP contribution in [-0.2, 0) is 11.0 Å². The van der Waals surface area contributed by atoms with Crippen LogP contribution in [0.15, 0.2) is 36.4 Å². The van der Waals surface area contributed by atoms with Crippen LogP contribution in [0.1, 0.15) is 81.0 Å². The Balaban J connectivity index is 1.24. The lowest BCUT2D eigenvalue weighted by molar-refractivity contribution is -0.137. The van der Waals surface area contributed by atoms with Crippen molar-refractivity contribution in [2.24, 2.45) is 5.73 Å². The van der Waals surface area contributed by atoms with Crippen LogP contribution in [0.5, 0.6) is 0 Å². The monoisotopic (exact) mass is 544 g/mol. The number of halogens is 3. The molecule has 0 bridgehead atoms. The highest BCUT2D eigenvalue weighted by Gasteiger charge is 2.34. The van der Waals surface area contributed by atoms with E-state index in [1.54, 1.807) is 0 Å². The number of aryl methyl sites for hydroxylation is 1. The maximum absolute atomic E-state index is 12.9. The quantitative estimate of drug-likeness (QED) is 0.489. The average molecular weight is 545 g/mol. The first-order chi connectivity index (χ1) is 18.4. The van der Waals surface area contributed by atoms with Gasteiger partial charge < -0.3 is 16.4 Å². The van der Waals surface area contributed by atoms with Gasteiger partial charge in [0, 0.05) is 36.3 Å². The van der Waals surface area contributed by atoms with E-state index in [9.17, 15) is 27.6 Å². The predicted octanol–water partition coefficient (Wildman–Crippen LogP) is 4.07. The van der Waals surface area contributed by atoms with Gasteiger partial charge in [0.05, 0.1) is 12.1 Å². The van der Waals surface area contributed by atoms with Crippen LogP contribution in [0.2, 0.25) is 0 Å². The normalized spacial score (nSPS) is 21.9. The number of rotatable bonds is 7. The molecular formula is C29H35F3N4O3. The molecule has 4 rings (SSSR count). The molecule has 2 fully saturated rings. The number of hydrogen-bond acceptors (Lipinski definition) is 4. The summed E-state index contributed by atoms with van der Waals surface area (Å²) in [6, 6.07) is 8.54. The van der Waals surface area contributed by atoms with Crippen molar-refractivity contribution in [3.63, 3.8) is 0 Å². The fourth-order valence-electron chi connectivity index (χ4n) is 5.87. The Morgan fingerprint density at radius 3 is 2.41 bits per heavy atom. The number of benzene rings is 2. The van der Waals surface area contributed by atoms with E-state index in [2.05, 4.69) is 21.6 Å². The number of carbonyl (C=O) groups excluding carboxylic acids is 3. The topological polar surface area (TPSA) is 105 Å². The van der Waals surface area contributed by atoms with Gasteiger partial charge in [-0.25, -0.2) is 0 Å². The molecule has 1 saturated carbocycles. The van der Waals surface area contributed by atoms with Crippen molar-refractivity contribution in [3.8, 4) is 0 Å². The number of nitrogens with zero attached hydrogens (tertiary/aromatic N) is 1. The molecule has 10 heteroatoms. The minimum Gasteiger partial charge on any atom is -0.366 e. The summed E-state index contributed by atoms with van der Waals surface area (Å²) in [4.78, 5) is 39.2. The van der Waals surface area contributed by atoms with Crippen molar-refractivity contribution in [3.05, 3.63) is 69.8 Å². The van der Waals surface area contributed by atoms with Crippen molar-refractivity contribution >= 4 is 17.7 Å². The molecule has 1 heterocycles. The van der Waals surface area contributed by atoms with Gasteiger partial charge in [0.25, 0.3) is 5.91 Å². The Morgan fingerprint density at radius 2 is 1.74 bits per heavy atom. The van der Waals surface area contributed by atoms with E-state index < -0.39 is 17.6 Å². The zero-order valence-corrected chi connectivity index (χ0v) is 22.2. The molecule has 4 N–H and O–H groups in total. The van der Waals surface area contributed by atoms with Crippen molar-refractivity contribution in [1.82, 2.24) is 15.5 Å². The highest BCUT2D eigenvalue weighted by molar-refractivity contribution is 5.97. The van der Waals surface area contributed by atoms with Gasteiger partial charge in [-0.3, -0.25) is 19.3 Å². The Hall–Kier alpha value is -3.40. The molecule has 0 radical (unpaired) electrons. The smallest absolute Gasteiger partial charge is 0.366 e. The van der Waals surface area contributed by atoms with E-state index in [4.69, 9.17) is 5.73 Å². The van der Waals surface area contributed by atoms with Gasteiger partial charge in [-0.1, -0.05) is 18.2 Å². The molecule has 2 aromatic carbocycles. The Bertz CT molecular complexity index is 1240. The lowest BCUT2D eigenvalue weighted by Gasteiger charge is -2.35. The summed E-state index contributed by atoms with van der Waals surface area (Å²) in [6.07, 6.45) is 0.141. The molecule has 0 unspecified atom stereocenters. The highest BCUT2D eigenvalue weighted by Crippen LogP contribution is 2.38. The number of nitrogens with two attached hydrogens (primary N) is 1. The first kappa shape index (κ1) is 28.6. The first-order valence-electron chi connectivity index (χ1n) is 13.3. The third-order valence-electron chi connectivity index (χ3n) is 8.11. The molecule has 7 nitrogen and oxygen atoms in total. The van der Waals surface area contributed by atoms with E-state index in [1.165, 1.54) is 6.07 Å². The fourth-order valence-corrected chi connectivity index (χ4v) is 5.87. The minimum absolute atomic E-state index is 0.0538. The molecule has 0 aromatic heterocycles. The lowest BCUT2D eigenvalue weighted by atomic mass is 9.78. The third kappa shape index (κ3) is 6.79. The maximum Gasteiger partial charge on any atom is 0.416 e. The number of primary amides is 1. The molecule has 1 aliphatic heterocycles. The number of amides is 3. The van der Waals surface area contributed by atoms with Crippen molar-refractivity contribution in [1.29, 1.82) is 0 Å². The summed E-state index contributed by atoms with van der Waals surface area (Å²) < 4.78 is 38.7. The summed E-state index contributed by atoms with van der Waals surface area (Å²) in [6.45, 7) is 5.18. The lowest BCUT2D eigenvalue weighted by Crippen LogP contribution is -2.44. The molecule has 1 aliphatic carbocycles. The molecule has 210 valence electrons. The van der Waals surface area contributed by atoms with Gasteiger partial charge in [-0.2, -0.15) is 13.2 Å². The second-order valence-electron chi connectivity index (χ2n) is 10.7. The van der Waals surface area contributed by atoms with Gasteiger partial charge in [0.2, 0.25) is 11.8 Å². The van der Waals surface area contributed by atoms with Gasteiger partial charge in [-0.05, 0) is 86.8 Å². The van der Waals surface area contributed by atoms with Gasteiger partial charge in [0.1, 0.15) is 0 Å². The highest BCUT2D eigenvalue weighted by atomic mass is 19.4. The van der Waals surface area contributed by atoms with E-state index in [-0.39, 0.29) is 30.0 Å². The van der Waals surface area contributed by atoms with Crippen LogP contribution in [0.4, 0.5) is 13.2 Å². The summed E-state index contributed by atoms with van der Waals surface area (Å²) >= 11 is 0. The van der Waals surface area contributed by atoms with Gasteiger partial charge >= 0.3 is 6.18 Å². The fraction of sp³-hybridized carbons (Fsp3) is 0.483. The standard InChI is InChI=1S/C29H35F3N4O3/c1-17-6-11-24(26(18(17)2)27(33)38)19-7-9-23(10-8-19)36-13-12-22(16-36)35-25(37)15-34-28(39)20-4-3-5-21(14-20)29(30,31)32/h3-6,11,14,19,22-23H,7-10,12-13,15-16H2,1-2H3,(H2,33,38)(H,34,39)(H,35,37)/t19?,22-,23?/m1/s1. The van der Waals surface area contributed by atoms with E-state index in [0.29, 0.717) is 24.1 Å².